The number of hydrogen-bond acceptors (Lipinski definition) is 3. The number of para-hydroxylation sites is 1. The van der Waals surface area contributed by atoms with Crippen LogP contribution in [0.4, 0.5) is 5.69 Å². The number of hydrogen-bond donors (Lipinski definition) is 2. The van der Waals surface area contributed by atoms with Gasteiger partial charge in [-0.2, -0.15) is 0 Å². The van der Waals surface area contributed by atoms with Crippen LogP contribution < -0.4 is 5.73 Å². The number of nitrogens with one attached hydrogen (secondary N) is 1. The van der Waals surface area contributed by atoms with Gasteiger partial charge in [-0.15, -0.1) is 0 Å². The van der Waals surface area contributed by atoms with Gasteiger partial charge in [0.25, 0.3) is 0 Å². The second kappa shape index (κ2) is 4.10. The Morgan fingerprint density at radius 2 is 2.00 bits per heavy atom. The Morgan fingerprint density at radius 3 is 2.83 bits per heavy atom. The average molecular weight is 303 g/mol. The van der Waals surface area contributed by atoms with Crippen molar-refractivity contribution in [1.29, 1.82) is 0 Å². The molecule has 0 fully saturated rings. The molecule has 18 heavy (non-hydrogen) atoms. The number of nitrogen functional groups attached to an aromatic ring is 1. The average Bonchev–Trinajstić information content (AvgIpc) is 2.75. The number of rotatable bonds is 1. The topological polar surface area (TPSA) is 67.6 Å². The first-order chi connectivity index (χ1) is 8.65. The highest BCUT2D eigenvalue weighted by molar-refractivity contribution is 9.10. The number of fused-ring (bicyclic) bond motifs is 1. The summed E-state index contributed by atoms with van der Waals surface area (Å²) in [4.78, 5) is 12.1. The van der Waals surface area contributed by atoms with E-state index in [1.165, 1.54) is 0 Å². The van der Waals surface area contributed by atoms with Crippen molar-refractivity contribution in [1.82, 2.24) is 15.0 Å². The number of aromatic amines is 1. The Kier molecular flexibility index (Phi) is 2.56. The Bertz CT molecular complexity index is 733. The minimum atomic E-state index is 0.674. The van der Waals surface area contributed by atoms with E-state index in [4.69, 9.17) is 5.73 Å². The van der Waals surface area contributed by atoms with Crippen LogP contribution in [0.2, 0.25) is 0 Å². The smallest absolute Gasteiger partial charge is 0.178 e. The number of H-pyrrole nitrogens is 1. The number of nitrogens with zero attached hydrogens (tertiary/aromatic N) is 2. The van der Waals surface area contributed by atoms with E-state index in [2.05, 4.69) is 30.9 Å². The molecule has 2 aromatic heterocycles. The van der Waals surface area contributed by atoms with Crippen LogP contribution in [0.25, 0.3) is 22.6 Å². The van der Waals surface area contributed by atoms with Crippen molar-refractivity contribution in [3.63, 3.8) is 0 Å². The molecule has 3 aromatic rings. The number of halogens is 1. The normalized spacial score (nSPS) is 11.0. The van der Waals surface area contributed by atoms with Crippen LogP contribution >= 0.6 is 15.9 Å². The van der Waals surface area contributed by atoms with Gasteiger partial charge in [-0.1, -0.05) is 6.07 Å². The van der Waals surface area contributed by atoms with E-state index in [-0.39, 0.29) is 0 Å². The minimum Gasteiger partial charge on any atom is -0.397 e. The molecule has 0 spiro atoms. The van der Waals surface area contributed by atoms with Crippen molar-refractivity contribution in [3.05, 3.63) is 40.5 Å². The molecule has 0 aliphatic heterocycles. The van der Waals surface area contributed by atoms with E-state index in [0.29, 0.717) is 11.3 Å². The standard InChI is InChI=1S/C13H11BrN4/c1-7-5-6-10-13(16-7)18-12(17-10)8-3-2-4-9(14)11(8)15/h2-6H,15H2,1H3,(H,16,17,18). The van der Waals surface area contributed by atoms with Crippen LogP contribution in [0, 0.1) is 6.92 Å². The van der Waals surface area contributed by atoms with Gasteiger partial charge in [-0.25, -0.2) is 9.97 Å². The first-order valence-corrected chi connectivity index (χ1v) is 6.32. The van der Waals surface area contributed by atoms with Gasteiger partial charge in [0.1, 0.15) is 5.82 Å². The third-order valence-corrected chi connectivity index (χ3v) is 3.48. The van der Waals surface area contributed by atoms with Crippen molar-refractivity contribution in [2.75, 3.05) is 5.73 Å². The third kappa shape index (κ3) is 1.76. The number of aryl methyl sites for hydroxylation is 1. The van der Waals surface area contributed by atoms with Gasteiger partial charge in [0.15, 0.2) is 5.65 Å². The van der Waals surface area contributed by atoms with Gasteiger partial charge in [-0.3, -0.25) is 0 Å². The fourth-order valence-electron chi connectivity index (χ4n) is 1.86. The van der Waals surface area contributed by atoms with Crippen LogP contribution in [0.3, 0.4) is 0 Å². The van der Waals surface area contributed by atoms with E-state index in [1.807, 2.05) is 37.3 Å². The molecular formula is C13H11BrN4. The Balaban J connectivity index is 2.22. The zero-order chi connectivity index (χ0) is 12.7. The molecule has 0 saturated heterocycles. The van der Waals surface area contributed by atoms with Gasteiger partial charge in [-0.05, 0) is 47.1 Å². The summed E-state index contributed by atoms with van der Waals surface area (Å²) < 4.78 is 0.865. The molecule has 3 N–H and O–H groups in total. The Labute approximate surface area is 112 Å². The van der Waals surface area contributed by atoms with E-state index >= 15 is 0 Å². The highest BCUT2D eigenvalue weighted by atomic mass is 79.9. The molecule has 2 heterocycles. The van der Waals surface area contributed by atoms with Gasteiger partial charge < -0.3 is 10.7 Å². The van der Waals surface area contributed by atoms with Crippen LogP contribution in [0.15, 0.2) is 34.8 Å². The summed E-state index contributed by atoms with van der Waals surface area (Å²) in [6, 6.07) is 9.70. The fourth-order valence-corrected chi connectivity index (χ4v) is 2.22. The summed E-state index contributed by atoms with van der Waals surface area (Å²) in [6.45, 7) is 1.95. The molecule has 0 aliphatic rings. The third-order valence-electron chi connectivity index (χ3n) is 2.79. The van der Waals surface area contributed by atoms with Crippen molar-refractivity contribution in [2.24, 2.45) is 0 Å². The van der Waals surface area contributed by atoms with Crippen molar-refractivity contribution >= 4 is 32.8 Å². The molecule has 5 heteroatoms. The van der Waals surface area contributed by atoms with Gasteiger partial charge >= 0.3 is 0 Å². The van der Waals surface area contributed by atoms with E-state index in [0.717, 1.165) is 27.1 Å². The second-order valence-corrected chi connectivity index (χ2v) is 4.96. The maximum absolute atomic E-state index is 6.04. The molecule has 90 valence electrons. The number of imidazole rings is 1. The number of pyridine rings is 1. The molecule has 4 nitrogen and oxygen atoms in total. The lowest BCUT2D eigenvalue weighted by atomic mass is 10.2. The lowest BCUT2D eigenvalue weighted by Crippen LogP contribution is -1.92. The van der Waals surface area contributed by atoms with E-state index < -0.39 is 0 Å². The molecule has 1 aromatic carbocycles. The summed E-state index contributed by atoms with van der Waals surface area (Å²) in [5, 5.41) is 0. The zero-order valence-electron chi connectivity index (χ0n) is 9.74. The molecular weight excluding hydrogens is 292 g/mol. The molecule has 0 radical (unpaired) electrons. The quantitative estimate of drug-likeness (QED) is 0.678. The summed E-state index contributed by atoms with van der Waals surface area (Å²) in [5.74, 6) is 0.738. The largest absolute Gasteiger partial charge is 0.397 e. The Morgan fingerprint density at radius 1 is 1.17 bits per heavy atom. The SMILES string of the molecule is Cc1ccc2[nH]c(-c3cccc(Br)c3N)nc2n1. The maximum Gasteiger partial charge on any atom is 0.178 e. The summed E-state index contributed by atoms with van der Waals surface area (Å²) in [7, 11) is 0. The van der Waals surface area contributed by atoms with Crippen molar-refractivity contribution in [3.8, 4) is 11.4 Å². The Hall–Kier alpha value is -1.88. The summed E-state index contributed by atoms with van der Waals surface area (Å²) in [5.41, 5.74) is 10.2. The van der Waals surface area contributed by atoms with E-state index in [1.54, 1.807) is 0 Å². The maximum atomic E-state index is 6.04. The molecule has 0 atom stereocenters. The summed E-state index contributed by atoms with van der Waals surface area (Å²) in [6.07, 6.45) is 0. The van der Waals surface area contributed by atoms with Crippen molar-refractivity contribution in [2.45, 2.75) is 6.92 Å². The van der Waals surface area contributed by atoms with E-state index in [9.17, 15) is 0 Å². The minimum absolute atomic E-state index is 0.674. The molecule has 0 bridgehead atoms. The van der Waals surface area contributed by atoms with Crippen LogP contribution in [0.5, 0.6) is 0 Å². The number of anilines is 1. The molecule has 0 amide bonds. The molecule has 0 aliphatic carbocycles. The number of benzene rings is 1. The monoisotopic (exact) mass is 302 g/mol. The van der Waals surface area contributed by atoms with Crippen LogP contribution in [-0.2, 0) is 0 Å². The molecule has 3 rings (SSSR count). The first kappa shape index (κ1) is 11.2. The number of aromatic nitrogens is 3. The lowest BCUT2D eigenvalue weighted by Gasteiger charge is -2.03. The number of nitrogens with two attached hydrogens (primary N) is 1. The van der Waals surface area contributed by atoms with Crippen molar-refractivity contribution < 1.29 is 0 Å². The fraction of sp³-hybridized carbons (Fsp3) is 0.0769. The highest BCUT2D eigenvalue weighted by Gasteiger charge is 2.10. The highest BCUT2D eigenvalue weighted by Crippen LogP contribution is 2.30. The van der Waals surface area contributed by atoms with Crippen LogP contribution in [-0.4, -0.2) is 15.0 Å². The predicted molar refractivity (Wildman–Crippen MR) is 76.2 cm³/mol. The molecule has 0 saturated carbocycles. The second-order valence-electron chi connectivity index (χ2n) is 4.11. The van der Waals surface area contributed by atoms with Gasteiger partial charge in [0, 0.05) is 15.7 Å². The predicted octanol–water partition coefficient (Wildman–Crippen LogP) is 3.28. The molecule has 0 unspecified atom stereocenters. The lowest BCUT2D eigenvalue weighted by molar-refractivity contribution is 1.22. The van der Waals surface area contributed by atoms with Crippen LogP contribution in [0.1, 0.15) is 5.69 Å². The zero-order valence-corrected chi connectivity index (χ0v) is 11.3. The van der Waals surface area contributed by atoms with Gasteiger partial charge in [0.2, 0.25) is 0 Å². The van der Waals surface area contributed by atoms with Gasteiger partial charge in [0.05, 0.1) is 11.2 Å². The first-order valence-electron chi connectivity index (χ1n) is 5.53. The summed E-state index contributed by atoms with van der Waals surface area (Å²) >= 11 is 3.42.